The lowest BCUT2D eigenvalue weighted by Gasteiger charge is -2.07. The van der Waals surface area contributed by atoms with Crippen LogP contribution in [0.3, 0.4) is 0 Å². The van der Waals surface area contributed by atoms with Gasteiger partial charge in [-0.25, -0.2) is 4.98 Å². The zero-order valence-corrected chi connectivity index (χ0v) is 19.7. The summed E-state index contributed by atoms with van der Waals surface area (Å²) in [5.41, 5.74) is 2.86. The van der Waals surface area contributed by atoms with Crippen molar-refractivity contribution in [1.82, 2.24) is 14.6 Å². The number of carbonyl (C=O) groups excluding carboxylic acids is 1. The summed E-state index contributed by atoms with van der Waals surface area (Å²) >= 11 is 7.33. The maximum Gasteiger partial charge on any atom is 0.283 e. The normalized spacial score (nSPS) is 11.0. The monoisotopic (exact) mass is 491 g/mol. The van der Waals surface area contributed by atoms with E-state index in [1.807, 2.05) is 13.0 Å². The van der Waals surface area contributed by atoms with Crippen LogP contribution in [-0.2, 0) is 0 Å². The van der Waals surface area contributed by atoms with Gasteiger partial charge in [-0.2, -0.15) is 4.52 Å². The van der Waals surface area contributed by atoms with Crippen molar-refractivity contribution in [1.29, 1.82) is 0 Å². The number of carbonyl (C=O) groups is 1. The molecule has 0 aliphatic carbocycles. The molecule has 0 atom stereocenters. The maximum absolute atomic E-state index is 13.0. The summed E-state index contributed by atoms with van der Waals surface area (Å²) in [5.74, 6) is 0.316. The van der Waals surface area contributed by atoms with Crippen molar-refractivity contribution in [2.24, 2.45) is 0 Å². The Balaban J connectivity index is 1.48. The topological polar surface area (TPSA) is 97.6 Å². The highest BCUT2D eigenvalue weighted by Gasteiger charge is 2.14. The van der Waals surface area contributed by atoms with Crippen molar-refractivity contribution in [2.45, 2.75) is 6.92 Å². The molecule has 5 aromatic rings. The lowest BCUT2D eigenvalue weighted by atomic mass is 10.1. The Hall–Kier alpha value is -3.95. The van der Waals surface area contributed by atoms with Crippen LogP contribution in [-0.4, -0.2) is 27.6 Å². The number of rotatable bonds is 5. The number of hydrogen-bond donors (Lipinski definition) is 2. The van der Waals surface area contributed by atoms with Crippen LogP contribution in [0, 0.1) is 6.92 Å². The predicted octanol–water partition coefficient (Wildman–Crippen LogP) is 5.27. The molecular formula is C24H18ClN5O3S. The number of methoxy groups -OCH3 is 1. The molecule has 0 saturated heterocycles. The molecule has 10 heteroatoms. The summed E-state index contributed by atoms with van der Waals surface area (Å²) in [6.07, 6.45) is 0. The first-order valence-corrected chi connectivity index (χ1v) is 11.4. The first kappa shape index (κ1) is 21.9. The van der Waals surface area contributed by atoms with Gasteiger partial charge in [-0.05, 0) is 55.0 Å². The van der Waals surface area contributed by atoms with Gasteiger partial charge in [0.15, 0.2) is 0 Å². The first-order valence-electron chi connectivity index (χ1n) is 10.2. The molecule has 170 valence electrons. The number of aromatic nitrogens is 3. The summed E-state index contributed by atoms with van der Waals surface area (Å²) in [5, 5.41) is 11.9. The summed E-state index contributed by atoms with van der Waals surface area (Å²) in [6, 6.07) is 17.3. The molecule has 1 amide bonds. The Labute approximate surface area is 202 Å². The van der Waals surface area contributed by atoms with E-state index in [2.05, 4.69) is 20.7 Å². The van der Waals surface area contributed by atoms with Crippen molar-refractivity contribution >= 4 is 61.2 Å². The van der Waals surface area contributed by atoms with Gasteiger partial charge in [-0.1, -0.05) is 35.1 Å². The number of halogens is 1. The number of benzene rings is 3. The van der Waals surface area contributed by atoms with Crippen LogP contribution >= 0.6 is 22.9 Å². The number of anilines is 3. The second-order valence-electron chi connectivity index (χ2n) is 7.52. The highest BCUT2D eigenvalue weighted by Crippen LogP contribution is 2.27. The Kier molecular flexibility index (Phi) is 5.64. The van der Waals surface area contributed by atoms with Crippen molar-refractivity contribution in [2.75, 3.05) is 17.7 Å². The SMILES string of the molecule is COc1cccc(NC(=O)c2ccc3c(=O)n4nc(Nc5cc(Cl)ccc5C)sc4nc3c2)c1. The third-order valence-corrected chi connectivity index (χ3v) is 6.29. The van der Waals surface area contributed by atoms with Crippen LogP contribution in [0.5, 0.6) is 5.75 Å². The van der Waals surface area contributed by atoms with Gasteiger partial charge in [-0.3, -0.25) is 9.59 Å². The van der Waals surface area contributed by atoms with Crippen LogP contribution in [0.4, 0.5) is 16.5 Å². The number of ether oxygens (including phenoxy) is 1. The number of aryl methyl sites for hydroxylation is 1. The van der Waals surface area contributed by atoms with Gasteiger partial charge < -0.3 is 15.4 Å². The molecule has 0 unspecified atom stereocenters. The van der Waals surface area contributed by atoms with Crippen LogP contribution in [0.15, 0.2) is 65.5 Å². The average molecular weight is 492 g/mol. The van der Waals surface area contributed by atoms with Gasteiger partial charge in [-0.15, -0.1) is 5.10 Å². The first-order chi connectivity index (χ1) is 16.4. The highest BCUT2D eigenvalue weighted by molar-refractivity contribution is 7.20. The van der Waals surface area contributed by atoms with E-state index < -0.39 is 0 Å². The van der Waals surface area contributed by atoms with E-state index in [9.17, 15) is 9.59 Å². The summed E-state index contributed by atoms with van der Waals surface area (Å²) in [7, 11) is 1.56. The number of fused-ring (bicyclic) bond motifs is 2. The van der Waals surface area contributed by atoms with Gasteiger partial charge in [0, 0.05) is 28.0 Å². The molecule has 2 N–H and O–H groups in total. The van der Waals surface area contributed by atoms with Gasteiger partial charge in [0.25, 0.3) is 11.5 Å². The van der Waals surface area contributed by atoms with Crippen molar-refractivity contribution in [3.8, 4) is 5.75 Å². The van der Waals surface area contributed by atoms with Crippen LogP contribution in [0.1, 0.15) is 15.9 Å². The van der Waals surface area contributed by atoms with Crippen molar-refractivity contribution < 1.29 is 9.53 Å². The Morgan fingerprint density at radius 1 is 1.12 bits per heavy atom. The number of nitrogens with one attached hydrogen (secondary N) is 2. The molecule has 0 radical (unpaired) electrons. The smallest absolute Gasteiger partial charge is 0.283 e. The molecule has 0 aliphatic rings. The molecule has 0 aliphatic heterocycles. The van der Waals surface area contributed by atoms with Crippen LogP contribution < -0.4 is 20.9 Å². The van der Waals surface area contributed by atoms with Gasteiger partial charge >= 0.3 is 0 Å². The molecule has 2 aromatic heterocycles. The average Bonchev–Trinajstić information content (AvgIpc) is 3.24. The van der Waals surface area contributed by atoms with Crippen LogP contribution in [0.25, 0.3) is 15.9 Å². The summed E-state index contributed by atoms with van der Waals surface area (Å²) in [6.45, 7) is 1.95. The van der Waals surface area contributed by atoms with Crippen molar-refractivity contribution in [3.05, 3.63) is 87.2 Å². The van der Waals surface area contributed by atoms with E-state index in [0.717, 1.165) is 11.3 Å². The van der Waals surface area contributed by atoms with Gasteiger partial charge in [0.1, 0.15) is 5.75 Å². The molecule has 34 heavy (non-hydrogen) atoms. The fraction of sp³-hybridized carbons (Fsp3) is 0.0833. The molecule has 3 aromatic carbocycles. The molecular weight excluding hydrogens is 474 g/mol. The lowest BCUT2D eigenvalue weighted by Crippen LogP contribution is -2.16. The maximum atomic E-state index is 13.0. The second-order valence-corrected chi connectivity index (χ2v) is 8.91. The Morgan fingerprint density at radius 2 is 1.97 bits per heavy atom. The summed E-state index contributed by atoms with van der Waals surface area (Å²) < 4.78 is 6.45. The minimum absolute atomic E-state index is 0.313. The zero-order valence-electron chi connectivity index (χ0n) is 18.1. The molecule has 0 saturated carbocycles. The van der Waals surface area contributed by atoms with E-state index in [0.29, 0.717) is 43.0 Å². The fourth-order valence-corrected chi connectivity index (χ4v) is 4.43. The third kappa shape index (κ3) is 4.18. The van der Waals surface area contributed by atoms with Gasteiger partial charge in [0.2, 0.25) is 10.1 Å². The fourth-order valence-electron chi connectivity index (χ4n) is 3.45. The molecule has 0 fully saturated rings. The van der Waals surface area contributed by atoms with Crippen LogP contribution in [0.2, 0.25) is 5.02 Å². The zero-order chi connectivity index (χ0) is 23.8. The number of nitrogens with zero attached hydrogens (tertiary/aromatic N) is 3. The molecule has 5 rings (SSSR count). The second kappa shape index (κ2) is 8.77. The third-order valence-electron chi connectivity index (χ3n) is 5.23. The largest absolute Gasteiger partial charge is 0.497 e. The van der Waals surface area contributed by atoms with E-state index in [1.54, 1.807) is 61.7 Å². The molecule has 8 nitrogen and oxygen atoms in total. The minimum Gasteiger partial charge on any atom is -0.497 e. The summed E-state index contributed by atoms with van der Waals surface area (Å²) in [4.78, 5) is 30.8. The van der Waals surface area contributed by atoms with Gasteiger partial charge in [0.05, 0.1) is 18.0 Å². The molecule has 0 spiro atoms. The number of hydrogen-bond acceptors (Lipinski definition) is 7. The van der Waals surface area contributed by atoms with E-state index >= 15 is 0 Å². The molecule has 2 heterocycles. The molecule has 0 bridgehead atoms. The Morgan fingerprint density at radius 3 is 2.79 bits per heavy atom. The van der Waals surface area contributed by atoms with E-state index in [1.165, 1.54) is 15.9 Å². The van der Waals surface area contributed by atoms with Crippen molar-refractivity contribution in [3.63, 3.8) is 0 Å². The minimum atomic E-state index is -0.319. The lowest BCUT2D eigenvalue weighted by molar-refractivity contribution is 0.102. The van der Waals surface area contributed by atoms with E-state index in [4.69, 9.17) is 16.3 Å². The Bertz CT molecular complexity index is 1630. The quantitative estimate of drug-likeness (QED) is 0.347. The van der Waals surface area contributed by atoms with E-state index in [-0.39, 0.29) is 11.5 Å². The predicted molar refractivity (Wildman–Crippen MR) is 135 cm³/mol. The standard InChI is InChI=1S/C24H18ClN5O3S/c1-13-6-8-15(25)11-19(13)27-23-29-30-22(32)18-9-7-14(10-20(18)28-24(30)34-23)21(31)26-16-4-3-5-17(12-16)33-2/h3-12H,1-2H3,(H,26,31)(H,27,29). The highest BCUT2D eigenvalue weighted by atomic mass is 35.5. The number of amides is 1.